The lowest BCUT2D eigenvalue weighted by atomic mass is 10.0. The summed E-state index contributed by atoms with van der Waals surface area (Å²) in [6.45, 7) is 2.15. The molecule has 0 spiro atoms. The van der Waals surface area contributed by atoms with Gasteiger partial charge < -0.3 is 10.5 Å². The Balaban J connectivity index is 2.35. The summed E-state index contributed by atoms with van der Waals surface area (Å²) in [5.74, 6) is 0.908. The number of anilines is 1. The van der Waals surface area contributed by atoms with E-state index in [4.69, 9.17) is 10.5 Å². The third kappa shape index (κ3) is 2.84. The zero-order chi connectivity index (χ0) is 13.1. The maximum Gasteiger partial charge on any atom is 0.181 e. The highest BCUT2D eigenvalue weighted by atomic mass is 79.9. The normalized spacial score (nSPS) is 10.6. The van der Waals surface area contributed by atoms with Crippen LogP contribution in [-0.4, -0.2) is 12.1 Å². The number of nitrogens with two attached hydrogens (primary N) is 1. The lowest BCUT2D eigenvalue weighted by Crippen LogP contribution is -1.95. The van der Waals surface area contributed by atoms with Crippen LogP contribution in [0, 0.1) is 0 Å². The molecule has 0 radical (unpaired) electrons. The summed E-state index contributed by atoms with van der Waals surface area (Å²) in [6, 6.07) is 6.30. The molecule has 3 nitrogen and oxygen atoms in total. The van der Waals surface area contributed by atoms with Crippen molar-refractivity contribution < 1.29 is 4.74 Å². The van der Waals surface area contributed by atoms with Crippen LogP contribution < -0.4 is 10.5 Å². The van der Waals surface area contributed by atoms with Gasteiger partial charge in [-0.1, -0.05) is 19.1 Å². The Hall–Kier alpha value is -1.07. The number of aryl methyl sites for hydroxylation is 1. The van der Waals surface area contributed by atoms with Gasteiger partial charge in [0.1, 0.15) is 10.4 Å². The monoisotopic (exact) mass is 326 g/mol. The maximum absolute atomic E-state index is 5.71. The number of hydrogen-bond donors (Lipinski definition) is 1. The molecule has 0 amide bonds. The van der Waals surface area contributed by atoms with E-state index in [0.717, 1.165) is 28.1 Å². The third-order valence-electron chi connectivity index (χ3n) is 2.77. The Morgan fingerprint density at radius 1 is 1.44 bits per heavy atom. The average Bonchev–Trinajstić information content (AvgIpc) is 2.67. The van der Waals surface area contributed by atoms with Gasteiger partial charge in [0.2, 0.25) is 0 Å². The van der Waals surface area contributed by atoms with Crippen molar-refractivity contribution in [2.24, 2.45) is 0 Å². The predicted molar refractivity (Wildman–Crippen MR) is 79.4 cm³/mol. The van der Waals surface area contributed by atoms with Crippen molar-refractivity contribution in [3.8, 4) is 5.75 Å². The van der Waals surface area contributed by atoms with Crippen molar-refractivity contribution in [1.82, 2.24) is 4.98 Å². The smallest absolute Gasteiger partial charge is 0.181 e. The minimum atomic E-state index is 0.586. The van der Waals surface area contributed by atoms with E-state index in [-0.39, 0.29) is 0 Å². The summed E-state index contributed by atoms with van der Waals surface area (Å²) >= 11 is 4.94. The van der Waals surface area contributed by atoms with E-state index in [9.17, 15) is 0 Å². The van der Waals surface area contributed by atoms with Crippen molar-refractivity contribution in [3.05, 3.63) is 38.8 Å². The quantitative estimate of drug-likeness (QED) is 0.932. The fraction of sp³-hybridized carbons (Fsp3) is 0.308. The van der Waals surface area contributed by atoms with E-state index in [1.54, 1.807) is 7.11 Å². The lowest BCUT2D eigenvalue weighted by molar-refractivity contribution is 0.410. The third-order valence-corrected chi connectivity index (χ3v) is 4.57. The van der Waals surface area contributed by atoms with Crippen LogP contribution in [0.2, 0.25) is 0 Å². The maximum atomic E-state index is 5.71. The molecule has 1 aromatic carbocycles. The van der Waals surface area contributed by atoms with Gasteiger partial charge in [-0.25, -0.2) is 4.98 Å². The Bertz CT molecular complexity index is 554. The number of benzene rings is 1. The zero-order valence-corrected chi connectivity index (χ0v) is 12.8. The predicted octanol–water partition coefficient (Wildman–Crippen LogP) is 3.65. The molecule has 2 N–H and O–H groups in total. The van der Waals surface area contributed by atoms with Crippen LogP contribution in [-0.2, 0) is 12.8 Å². The van der Waals surface area contributed by atoms with Crippen LogP contribution in [0.15, 0.2) is 22.8 Å². The number of hydrogen-bond acceptors (Lipinski definition) is 4. The van der Waals surface area contributed by atoms with E-state index >= 15 is 0 Å². The van der Waals surface area contributed by atoms with E-state index in [1.165, 1.54) is 22.5 Å². The molecular weight excluding hydrogens is 312 g/mol. The zero-order valence-electron chi connectivity index (χ0n) is 10.4. The highest BCUT2D eigenvalue weighted by Crippen LogP contribution is 2.31. The molecule has 0 fully saturated rings. The first kappa shape index (κ1) is 13.4. The molecule has 5 heteroatoms. The van der Waals surface area contributed by atoms with Crippen LogP contribution in [0.1, 0.15) is 22.9 Å². The molecule has 0 saturated carbocycles. The highest BCUT2D eigenvalue weighted by Gasteiger charge is 2.11. The number of aromatic nitrogens is 1. The highest BCUT2D eigenvalue weighted by molar-refractivity contribution is 9.10. The van der Waals surface area contributed by atoms with Gasteiger partial charge in [-0.15, -0.1) is 11.3 Å². The Labute approximate surface area is 119 Å². The topological polar surface area (TPSA) is 48.1 Å². The summed E-state index contributed by atoms with van der Waals surface area (Å²) in [5.41, 5.74) is 8.18. The van der Waals surface area contributed by atoms with Crippen LogP contribution in [0.3, 0.4) is 0 Å². The molecule has 0 unspecified atom stereocenters. The van der Waals surface area contributed by atoms with Crippen LogP contribution in [0.25, 0.3) is 0 Å². The first-order chi connectivity index (χ1) is 8.63. The van der Waals surface area contributed by atoms with Crippen molar-refractivity contribution in [1.29, 1.82) is 0 Å². The Morgan fingerprint density at radius 3 is 2.78 bits per heavy atom. The molecular formula is C13H15BrN2OS. The summed E-state index contributed by atoms with van der Waals surface area (Å²) in [7, 11) is 1.69. The van der Waals surface area contributed by atoms with E-state index in [2.05, 4.69) is 40.0 Å². The van der Waals surface area contributed by atoms with Crippen LogP contribution in [0.5, 0.6) is 5.75 Å². The molecule has 0 aliphatic rings. The molecule has 2 rings (SSSR count). The van der Waals surface area contributed by atoms with Gasteiger partial charge in [0.15, 0.2) is 5.13 Å². The van der Waals surface area contributed by atoms with Crippen molar-refractivity contribution in [3.63, 3.8) is 0 Å². The molecule has 2 aromatic rings. The minimum Gasteiger partial charge on any atom is -0.496 e. The summed E-state index contributed by atoms with van der Waals surface area (Å²) in [6.07, 6.45) is 1.80. The Morgan fingerprint density at radius 2 is 2.22 bits per heavy atom. The molecule has 1 aromatic heterocycles. The SMILES string of the molecule is CCc1ccc(OC)c(Cc2sc(N)nc2Br)c1. The second kappa shape index (κ2) is 5.71. The number of nitrogens with zero attached hydrogens (tertiary/aromatic N) is 1. The molecule has 1 heterocycles. The number of rotatable bonds is 4. The second-order valence-corrected chi connectivity index (χ2v) is 5.81. The summed E-state index contributed by atoms with van der Waals surface area (Å²) < 4.78 is 6.23. The van der Waals surface area contributed by atoms with Crippen LogP contribution in [0.4, 0.5) is 5.13 Å². The van der Waals surface area contributed by atoms with Gasteiger partial charge in [0, 0.05) is 11.3 Å². The van der Waals surface area contributed by atoms with Gasteiger partial charge in [-0.05, 0) is 39.5 Å². The summed E-state index contributed by atoms with van der Waals surface area (Å²) in [4.78, 5) is 5.30. The van der Waals surface area contributed by atoms with Gasteiger partial charge in [0.25, 0.3) is 0 Å². The molecule has 0 bridgehead atoms. The molecule has 0 aliphatic carbocycles. The van der Waals surface area contributed by atoms with E-state index in [0.29, 0.717) is 5.13 Å². The van der Waals surface area contributed by atoms with Crippen molar-refractivity contribution in [2.45, 2.75) is 19.8 Å². The number of thiazole rings is 1. The largest absolute Gasteiger partial charge is 0.496 e. The number of methoxy groups -OCH3 is 1. The molecule has 0 atom stereocenters. The molecule has 0 saturated heterocycles. The van der Waals surface area contributed by atoms with Crippen molar-refractivity contribution >= 4 is 32.4 Å². The van der Waals surface area contributed by atoms with Crippen LogP contribution >= 0.6 is 27.3 Å². The van der Waals surface area contributed by atoms with Gasteiger partial charge in [0.05, 0.1) is 7.11 Å². The fourth-order valence-electron chi connectivity index (χ4n) is 1.82. The van der Waals surface area contributed by atoms with Crippen molar-refractivity contribution in [2.75, 3.05) is 12.8 Å². The van der Waals surface area contributed by atoms with Gasteiger partial charge in [-0.2, -0.15) is 0 Å². The Kier molecular flexibility index (Phi) is 4.24. The second-order valence-electron chi connectivity index (χ2n) is 3.94. The van der Waals surface area contributed by atoms with E-state index in [1.807, 2.05) is 6.07 Å². The number of ether oxygens (including phenoxy) is 1. The number of nitrogen functional groups attached to an aromatic ring is 1. The first-order valence-corrected chi connectivity index (χ1v) is 7.31. The standard InChI is InChI=1S/C13H15BrN2OS/c1-3-8-4-5-10(17-2)9(6-8)7-11-12(14)16-13(15)18-11/h4-6H,3,7H2,1-2H3,(H2,15,16). The van der Waals surface area contributed by atoms with Gasteiger partial charge in [-0.3, -0.25) is 0 Å². The minimum absolute atomic E-state index is 0.586. The summed E-state index contributed by atoms with van der Waals surface area (Å²) in [5, 5.41) is 0.586. The lowest BCUT2D eigenvalue weighted by Gasteiger charge is -2.09. The molecule has 0 aliphatic heterocycles. The van der Waals surface area contributed by atoms with Gasteiger partial charge >= 0.3 is 0 Å². The fourth-order valence-corrected chi connectivity index (χ4v) is 3.26. The average molecular weight is 327 g/mol. The first-order valence-electron chi connectivity index (χ1n) is 5.70. The molecule has 96 valence electrons. The number of halogens is 1. The van der Waals surface area contributed by atoms with E-state index < -0.39 is 0 Å². The molecule has 18 heavy (non-hydrogen) atoms.